The molecule has 1 unspecified atom stereocenters. The molecule has 0 radical (unpaired) electrons. The van der Waals surface area contributed by atoms with Crippen LogP contribution in [-0.2, 0) is 4.74 Å². The van der Waals surface area contributed by atoms with Crippen molar-refractivity contribution in [1.82, 2.24) is 4.98 Å². The number of halogens is 1. The highest BCUT2D eigenvalue weighted by molar-refractivity contribution is 5.89. The largest absolute Gasteiger partial charge is 0.494 e. The van der Waals surface area contributed by atoms with E-state index in [0.29, 0.717) is 5.69 Å². The van der Waals surface area contributed by atoms with Gasteiger partial charge in [0.05, 0.1) is 18.4 Å². The zero-order valence-electron chi connectivity index (χ0n) is 10.7. The van der Waals surface area contributed by atoms with Crippen molar-refractivity contribution in [1.29, 1.82) is 0 Å². The highest BCUT2D eigenvalue weighted by Crippen LogP contribution is 2.19. The summed E-state index contributed by atoms with van der Waals surface area (Å²) in [4.78, 5) is 15.8. The van der Waals surface area contributed by atoms with Gasteiger partial charge in [-0.3, -0.25) is 10.7 Å². The molecule has 1 aromatic heterocycles. The number of rotatable bonds is 4. The van der Waals surface area contributed by atoms with Crippen molar-refractivity contribution < 1.29 is 18.7 Å². The third kappa shape index (κ3) is 3.10. The first-order chi connectivity index (χ1) is 9.61. The van der Waals surface area contributed by atoms with E-state index in [1.54, 1.807) is 18.2 Å². The second kappa shape index (κ2) is 6.12. The van der Waals surface area contributed by atoms with Crippen molar-refractivity contribution in [2.24, 2.45) is 5.73 Å². The van der Waals surface area contributed by atoms with Crippen LogP contribution in [0.5, 0.6) is 5.75 Å². The minimum absolute atomic E-state index is 0.0506. The van der Waals surface area contributed by atoms with Crippen LogP contribution in [-0.4, -0.2) is 18.1 Å². The Morgan fingerprint density at radius 1 is 1.35 bits per heavy atom. The van der Waals surface area contributed by atoms with E-state index >= 15 is 0 Å². The Hall–Kier alpha value is -2.47. The van der Waals surface area contributed by atoms with Gasteiger partial charge in [-0.15, -0.1) is 0 Å². The lowest BCUT2D eigenvalue weighted by Crippen LogP contribution is -2.20. The van der Waals surface area contributed by atoms with E-state index in [0.717, 1.165) is 6.07 Å². The topological polar surface area (TPSA) is 74.4 Å². The number of hydrogen-bond donors (Lipinski definition) is 1. The normalized spacial score (nSPS) is 11.8. The predicted octanol–water partition coefficient (Wildman–Crippen LogP) is 2.04. The van der Waals surface area contributed by atoms with Crippen molar-refractivity contribution in [2.45, 2.75) is 6.23 Å². The lowest BCUT2D eigenvalue weighted by molar-refractivity contribution is 0.0302. The minimum atomic E-state index is -1.01. The number of pyridine rings is 1. The standard InChI is InChI=1S/C14H13FN2O3/c1-19-12-6-5-9(8-10(12)15)14(18)20-13(16)11-4-2-3-7-17-11/h2-8,13H,16H2,1H3. The summed E-state index contributed by atoms with van der Waals surface area (Å²) in [6.45, 7) is 0. The summed E-state index contributed by atoms with van der Waals surface area (Å²) < 4.78 is 23.3. The number of carbonyl (C=O) groups is 1. The summed E-state index contributed by atoms with van der Waals surface area (Å²) in [7, 11) is 1.34. The lowest BCUT2D eigenvalue weighted by Gasteiger charge is -2.12. The molecular formula is C14H13FN2O3. The SMILES string of the molecule is COc1ccc(C(=O)OC(N)c2ccccn2)cc1F. The number of methoxy groups -OCH3 is 1. The third-order valence-electron chi connectivity index (χ3n) is 2.60. The Morgan fingerprint density at radius 3 is 2.75 bits per heavy atom. The van der Waals surface area contributed by atoms with Crippen LogP contribution in [0, 0.1) is 5.82 Å². The van der Waals surface area contributed by atoms with Crippen LogP contribution in [0.25, 0.3) is 0 Å². The molecule has 0 aliphatic rings. The average Bonchev–Trinajstić information content (AvgIpc) is 2.48. The molecule has 1 aromatic carbocycles. The Kier molecular flexibility index (Phi) is 4.27. The molecule has 1 heterocycles. The lowest BCUT2D eigenvalue weighted by atomic mass is 10.2. The van der Waals surface area contributed by atoms with Crippen molar-refractivity contribution >= 4 is 5.97 Å². The molecule has 20 heavy (non-hydrogen) atoms. The van der Waals surface area contributed by atoms with Gasteiger partial charge in [0.15, 0.2) is 17.8 Å². The maximum Gasteiger partial charge on any atom is 0.340 e. The Labute approximate surface area is 115 Å². The molecule has 5 nitrogen and oxygen atoms in total. The molecule has 0 fully saturated rings. The summed E-state index contributed by atoms with van der Waals surface area (Å²) in [6, 6.07) is 8.85. The van der Waals surface area contributed by atoms with Crippen molar-refractivity contribution in [2.75, 3.05) is 7.11 Å². The van der Waals surface area contributed by atoms with E-state index in [1.807, 2.05) is 0 Å². The maximum absolute atomic E-state index is 13.5. The van der Waals surface area contributed by atoms with E-state index in [-0.39, 0.29) is 11.3 Å². The van der Waals surface area contributed by atoms with Crippen LogP contribution in [0.15, 0.2) is 42.6 Å². The quantitative estimate of drug-likeness (QED) is 0.683. The van der Waals surface area contributed by atoms with Gasteiger partial charge in [-0.1, -0.05) is 6.07 Å². The van der Waals surface area contributed by atoms with Gasteiger partial charge < -0.3 is 9.47 Å². The Balaban J connectivity index is 2.10. The zero-order chi connectivity index (χ0) is 14.5. The molecule has 104 valence electrons. The van der Waals surface area contributed by atoms with E-state index in [2.05, 4.69) is 4.98 Å². The summed E-state index contributed by atoms with van der Waals surface area (Å²) in [5.41, 5.74) is 6.17. The van der Waals surface area contributed by atoms with Crippen molar-refractivity contribution in [3.05, 3.63) is 59.7 Å². The number of hydrogen-bond acceptors (Lipinski definition) is 5. The molecule has 0 bridgehead atoms. The molecule has 0 saturated carbocycles. The fourth-order valence-electron chi connectivity index (χ4n) is 1.58. The van der Waals surface area contributed by atoms with E-state index in [1.165, 1.54) is 25.4 Å². The summed E-state index contributed by atoms with van der Waals surface area (Å²) in [6.07, 6.45) is 0.532. The van der Waals surface area contributed by atoms with Crippen LogP contribution in [0.4, 0.5) is 4.39 Å². The Bertz CT molecular complexity index is 605. The molecule has 0 aliphatic heterocycles. The number of benzene rings is 1. The first-order valence-corrected chi connectivity index (χ1v) is 5.83. The summed E-state index contributed by atoms with van der Waals surface area (Å²) >= 11 is 0. The molecule has 2 rings (SSSR count). The number of nitrogens with zero attached hydrogens (tertiary/aromatic N) is 1. The third-order valence-corrected chi connectivity index (χ3v) is 2.60. The average molecular weight is 276 g/mol. The first-order valence-electron chi connectivity index (χ1n) is 5.83. The maximum atomic E-state index is 13.5. The zero-order valence-corrected chi connectivity index (χ0v) is 10.7. The van der Waals surface area contributed by atoms with Crippen LogP contribution in [0.2, 0.25) is 0 Å². The van der Waals surface area contributed by atoms with Gasteiger partial charge in [0.2, 0.25) is 0 Å². The van der Waals surface area contributed by atoms with Crippen molar-refractivity contribution in [3.8, 4) is 5.75 Å². The highest BCUT2D eigenvalue weighted by atomic mass is 19.1. The number of ether oxygens (including phenoxy) is 2. The second-order valence-electron chi connectivity index (χ2n) is 3.93. The molecule has 1 atom stereocenters. The predicted molar refractivity (Wildman–Crippen MR) is 69.5 cm³/mol. The second-order valence-corrected chi connectivity index (χ2v) is 3.93. The molecule has 0 amide bonds. The molecule has 0 saturated heterocycles. The Morgan fingerprint density at radius 2 is 2.15 bits per heavy atom. The van der Waals surface area contributed by atoms with Gasteiger partial charge >= 0.3 is 5.97 Å². The summed E-state index contributed by atoms with van der Waals surface area (Å²) in [5, 5.41) is 0. The number of carbonyl (C=O) groups excluding carboxylic acids is 1. The van der Waals surface area contributed by atoms with Gasteiger partial charge in [0.25, 0.3) is 0 Å². The van der Waals surface area contributed by atoms with Gasteiger partial charge in [-0.05, 0) is 30.3 Å². The van der Waals surface area contributed by atoms with Gasteiger partial charge in [-0.25, -0.2) is 9.18 Å². The van der Waals surface area contributed by atoms with Gasteiger partial charge in [0.1, 0.15) is 0 Å². The monoisotopic (exact) mass is 276 g/mol. The van der Waals surface area contributed by atoms with Crippen LogP contribution >= 0.6 is 0 Å². The van der Waals surface area contributed by atoms with Crippen LogP contribution in [0.1, 0.15) is 22.3 Å². The van der Waals surface area contributed by atoms with E-state index < -0.39 is 18.0 Å². The van der Waals surface area contributed by atoms with Gasteiger partial charge in [-0.2, -0.15) is 0 Å². The number of aromatic nitrogens is 1. The highest BCUT2D eigenvalue weighted by Gasteiger charge is 2.16. The molecule has 2 aromatic rings. The van der Waals surface area contributed by atoms with Crippen LogP contribution < -0.4 is 10.5 Å². The van der Waals surface area contributed by atoms with Crippen molar-refractivity contribution in [3.63, 3.8) is 0 Å². The van der Waals surface area contributed by atoms with Gasteiger partial charge in [0, 0.05) is 6.20 Å². The smallest absolute Gasteiger partial charge is 0.340 e. The van der Waals surface area contributed by atoms with Crippen LogP contribution in [0.3, 0.4) is 0 Å². The van der Waals surface area contributed by atoms with E-state index in [4.69, 9.17) is 15.2 Å². The molecule has 0 aliphatic carbocycles. The fourth-order valence-corrected chi connectivity index (χ4v) is 1.58. The first kappa shape index (κ1) is 14.0. The van der Waals surface area contributed by atoms with E-state index in [9.17, 15) is 9.18 Å². The molecule has 2 N–H and O–H groups in total. The number of esters is 1. The molecule has 6 heteroatoms. The molecule has 0 spiro atoms. The fraction of sp³-hybridized carbons (Fsp3) is 0.143. The summed E-state index contributed by atoms with van der Waals surface area (Å²) in [5.74, 6) is -1.33. The minimum Gasteiger partial charge on any atom is -0.494 e. The number of nitrogens with two attached hydrogens (primary N) is 1. The molecular weight excluding hydrogens is 263 g/mol.